The highest BCUT2D eigenvalue weighted by Crippen LogP contribution is 2.09. The minimum atomic E-state index is 0.980. The van der Waals surface area contributed by atoms with Crippen LogP contribution in [0.4, 0.5) is 5.95 Å². The van der Waals surface area contributed by atoms with Crippen molar-refractivity contribution in [2.75, 3.05) is 18.0 Å². The number of aromatic amines is 1. The van der Waals surface area contributed by atoms with Gasteiger partial charge in [0.05, 0.1) is 0 Å². The standard InChI is InChI=1S/C8H11N3/c1-2-6-11(7-3-1)8-9-4-5-10-8/h1-2,4-5H,3,6-7H2,(H,9,10). The number of H-pyrrole nitrogens is 1. The Bertz CT molecular complexity index is 238. The summed E-state index contributed by atoms with van der Waals surface area (Å²) in [6.07, 6.45) is 9.15. The van der Waals surface area contributed by atoms with Crippen LogP contribution in [0.1, 0.15) is 6.42 Å². The summed E-state index contributed by atoms with van der Waals surface area (Å²) in [7, 11) is 0. The molecule has 0 aliphatic carbocycles. The molecule has 11 heavy (non-hydrogen) atoms. The Labute approximate surface area is 65.7 Å². The predicted octanol–water partition coefficient (Wildman–Crippen LogP) is 1.18. The summed E-state index contributed by atoms with van der Waals surface area (Å²) in [5.41, 5.74) is 0. The number of nitrogens with zero attached hydrogens (tertiary/aromatic N) is 2. The Morgan fingerprint density at radius 2 is 2.45 bits per heavy atom. The molecule has 0 amide bonds. The molecule has 0 fully saturated rings. The minimum Gasteiger partial charge on any atom is -0.338 e. The van der Waals surface area contributed by atoms with Crippen LogP contribution in [-0.4, -0.2) is 23.1 Å². The molecule has 0 unspecified atom stereocenters. The zero-order chi connectivity index (χ0) is 7.52. The maximum absolute atomic E-state index is 4.18. The third-order valence-corrected chi connectivity index (χ3v) is 1.84. The SMILES string of the molecule is C1=CCN(c2ncc[nH]2)CC1. The van der Waals surface area contributed by atoms with Crippen molar-refractivity contribution >= 4 is 5.95 Å². The van der Waals surface area contributed by atoms with Gasteiger partial charge in [-0.1, -0.05) is 12.2 Å². The molecule has 0 spiro atoms. The second-order valence-electron chi connectivity index (χ2n) is 2.62. The molecule has 0 aromatic carbocycles. The molecule has 0 saturated carbocycles. The highest BCUT2D eigenvalue weighted by atomic mass is 15.2. The predicted molar refractivity (Wildman–Crippen MR) is 44.6 cm³/mol. The maximum atomic E-state index is 4.18. The van der Waals surface area contributed by atoms with Gasteiger partial charge in [0.2, 0.25) is 5.95 Å². The van der Waals surface area contributed by atoms with Gasteiger partial charge in [-0.25, -0.2) is 4.98 Å². The molecule has 1 aromatic heterocycles. The highest BCUT2D eigenvalue weighted by Gasteiger charge is 2.07. The van der Waals surface area contributed by atoms with Crippen molar-refractivity contribution in [2.24, 2.45) is 0 Å². The Morgan fingerprint density at radius 1 is 1.45 bits per heavy atom. The van der Waals surface area contributed by atoms with E-state index >= 15 is 0 Å². The average molecular weight is 149 g/mol. The summed E-state index contributed by atoms with van der Waals surface area (Å²) in [4.78, 5) is 9.49. The van der Waals surface area contributed by atoms with Crippen LogP contribution < -0.4 is 4.90 Å². The van der Waals surface area contributed by atoms with Gasteiger partial charge in [-0.3, -0.25) is 0 Å². The van der Waals surface area contributed by atoms with E-state index in [-0.39, 0.29) is 0 Å². The smallest absolute Gasteiger partial charge is 0.203 e. The Kier molecular flexibility index (Phi) is 1.63. The average Bonchev–Trinajstić information content (AvgIpc) is 2.58. The first kappa shape index (κ1) is 6.46. The first-order valence-electron chi connectivity index (χ1n) is 3.86. The van der Waals surface area contributed by atoms with Crippen molar-refractivity contribution in [3.05, 3.63) is 24.5 Å². The van der Waals surface area contributed by atoms with Crippen LogP contribution in [0.5, 0.6) is 0 Å². The molecule has 1 N–H and O–H groups in total. The Hall–Kier alpha value is -1.25. The van der Waals surface area contributed by atoms with Crippen molar-refractivity contribution in [1.29, 1.82) is 0 Å². The van der Waals surface area contributed by atoms with Crippen molar-refractivity contribution in [3.63, 3.8) is 0 Å². The highest BCUT2D eigenvalue weighted by molar-refractivity contribution is 5.31. The second-order valence-corrected chi connectivity index (χ2v) is 2.62. The van der Waals surface area contributed by atoms with Crippen molar-refractivity contribution in [3.8, 4) is 0 Å². The van der Waals surface area contributed by atoms with E-state index in [2.05, 4.69) is 27.0 Å². The lowest BCUT2D eigenvalue weighted by Gasteiger charge is -2.22. The zero-order valence-corrected chi connectivity index (χ0v) is 6.33. The van der Waals surface area contributed by atoms with Gasteiger partial charge in [-0.15, -0.1) is 0 Å². The Balaban J connectivity index is 2.11. The third kappa shape index (κ3) is 1.27. The number of nitrogens with one attached hydrogen (secondary N) is 1. The molecule has 1 aliphatic rings. The summed E-state index contributed by atoms with van der Waals surface area (Å²) >= 11 is 0. The molecule has 58 valence electrons. The van der Waals surface area contributed by atoms with Gasteiger partial charge < -0.3 is 9.88 Å². The number of imidazole rings is 1. The van der Waals surface area contributed by atoms with Crippen molar-refractivity contribution < 1.29 is 0 Å². The molecular formula is C8H11N3. The minimum absolute atomic E-state index is 0.980. The quantitative estimate of drug-likeness (QED) is 0.608. The van der Waals surface area contributed by atoms with Gasteiger partial charge in [-0.2, -0.15) is 0 Å². The van der Waals surface area contributed by atoms with Crippen LogP contribution in [0.2, 0.25) is 0 Å². The monoisotopic (exact) mass is 149 g/mol. The van der Waals surface area contributed by atoms with Crippen LogP contribution in [0.25, 0.3) is 0 Å². The summed E-state index contributed by atoms with van der Waals surface area (Å²) < 4.78 is 0. The van der Waals surface area contributed by atoms with E-state index in [1.54, 1.807) is 6.20 Å². The lowest BCUT2D eigenvalue weighted by atomic mass is 10.3. The van der Waals surface area contributed by atoms with Crippen LogP contribution in [-0.2, 0) is 0 Å². The summed E-state index contributed by atoms with van der Waals surface area (Å²) in [5, 5.41) is 0. The molecular weight excluding hydrogens is 138 g/mol. The van der Waals surface area contributed by atoms with Gasteiger partial charge in [0.1, 0.15) is 0 Å². The van der Waals surface area contributed by atoms with E-state index in [0.717, 1.165) is 25.5 Å². The first-order chi connectivity index (χ1) is 5.47. The molecule has 0 radical (unpaired) electrons. The van der Waals surface area contributed by atoms with Crippen molar-refractivity contribution in [1.82, 2.24) is 9.97 Å². The summed E-state index contributed by atoms with van der Waals surface area (Å²) in [6.45, 7) is 2.05. The van der Waals surface area contributed by atoms with Crippen LogP contribution in [0.15, 0.2) is 24.5 Å². The van der Waals surface area contributed by atoms with E-state index in [1.165, 1.54) is 0 Å². The topological polar surface area (TPSA) is 31.9 Å². The number of hydrogen-bond donors (Lipinski definition) is 1. The van der Waals surface area contributed by atoms with Gasteiger partial charge >= 0.3 is 0 Å². The van der Waals surface area contributed by atoms with Crippen molar-refractivity contribution in [2.45, 2.75) is 6.42 Å². The lowest BCUT2D eigenvalue weighted by molar-refractivity contribution is 0.795. The number of aromatic nitrogens is 2. The third-order valence-electron chi connectivity index (χ3n) is 1.84. The van der Waals surface area contributed by atoms with Gasteiger partial charge in [0.15, 0.2) is 0 Å². The van der Waals surface area contributed by atoms with Gasteiger partial charge in [0.25, 0.3) is 0 Å². The number of hydrogen-bond acceptors (Lipinski definition) is 2. The fraction of sp³-hybridized carbons (Fsp3) is 0.375. The van der Waals surface area contributed by atoms with E-state index in [4.69, 9.17) is 0 Å². The van der Waals surface area contributed by atoms with Gasteiger partial charge in [-0.05, 0) is 6.42 Å². The summed E-state index contributed by atoms with van der Waals surface area (Å²) in [6, 6.07) is 0. The molecule has 0 atom stereocenters. The first-order valence-corrected chi connectivity index (χ1v) is 3.86. The molecule has 0 saturated heterocycles. The maximum Gasteiger partial charge on any atom is 0.203 e. The second kappa shape index (κ2) is 2.78. The van der Waals surface area contributed by atoms with E-state index in [9.17, 15) is 0 Å². The number of anilines is 1. The van der Waals surface area contributed by atoms with Crippen LogP contribution in [0, 0.1) is 0 Å². The van der Waals surface area contributed by atoms with Gasteiger partial charge in [0, 0.05) is 25.5 Å². The molecule has 3 heteroatoms. The zero-order valence-electron chi connectivity index (χ0n) is 6.33. The fourth-order valence-electron chi connectivity index (χ4n) is 1.26. The van der Waals surface area contributed by atoms with Crippen LogP contribution in [0.3, 0.4) is 0 Å². The Morgan fingerprint density at radius 3 is 3.09 bits per heavy atom. The lowest BCUT2D eigenvalue weighted by Crippen LogP contribution is -2.27. The molecule has 2 heterocycles. The fourth-order valence-corrected chi connectivity index (χ4v) is 1.26. The van der Waals surface area contributed by atoms with E-state index in [1.807, 2.05) is 6.20 Å². The molecule has 0 bridgehead atoms. The normalized spacial score (nSPS) is 17.3. The van der Waals surface area contributed by atoms with Crippen LogP contribution >= 0.6 is 0 Å². The molecule has 3 nitrogen and oxygen atoms in total. The summed E-state index contributed by atoms with van der Waals surface area (Å²) in [5.74, 6) is 0.981. The molecule has 1 aromatic rings. The van der Waals surface area contributed by atoms with E-state index < -0.39 is 0 Å². The molecule has 2 rings (SSSR count). The van der Waals surface area contributed by atoms with E-state index in [0.29, 0.717) is 0 Å². The molecule has 1 aliphatic heterocycles. The number of rotatable bonds is 1. The largest absolute Gasteiger partial charge is 0.338 e.